The lowest BCUT2D eigenvalue weighted by Gasteiger charge is -2.26. The molecule has 0 saturated heterocycles. The minimum Gasteiger partial charge on any atom is -0.398 e. The average Bonchev–Trinajstić information content (AvgIpc) is 2.32. The smallest absolute Gasteiger partial charge is 0.253 e. The maximum Gasteiger partial charge on any atom is 0.253 e. The number of carbonyl (C=O) groups is 1. The van der Waals surface area contributed by atoms with E-state index >= 15 is 0 Å². The topological polar surface area (TPSA) is 75.4 Å². The molecule has 1 aliphatic rings. The summed E-state index contributed by atoms with van der Waals surface area (Å²) in [5.41, 5.74) is 6.04. The minimum absolute atomic E-state index is 0.0605. The van der Waals surface area contributed by atoms with E-state index in [1.165, 1.54) is 12.1 Å². The van der Waals surface area contributed by atoms with Crippen LogP contribution in [0.25, 0.3) is 0 Å². The molecule has 0 aromatic heterocycles. The number of hydrogen-bond acceptors (Lipinski definition) is 3. The largest absolute Gasteiger partial charge is 0.398 e. The number of aliphatic hydroxyl groups excluding tert-OH is 1. The highest BCUT2D eigenvalue weighted by atomic mass is 19.1. The summed E-state index contributed by atoms with van der Waals surface area (Å²) in [5, 5.41) is 12.2. The molecule has 1 amide bonds. The van der Waals surface area contributed by atoms with Crippen LogP contribution in [0.2, 0.25) is 0 Å². The van der Waals surface area contributed by atoms with E-state index in [4.69, 9.17) is 5.73 Å². The van der Waals surface area contributed by atoms with E-state index in [0.29, 0.717) is 18.4 Å². The van der Waals surface area contributed by atoms with Crippen LogP contribution in [0.5, 0.6) is 0 Å². The first-order chi connectivity index (χ1) is 8.56. The van der Waals surface area contributed by atoms with Gasteiger partial charge >= 0.3 is 0 Å². The van der Waals surface area contributed by atoms with E-state index in [-0.39, 0.29) is 23.7 Å². The summed E-state index contributed by atoms with van der Waals surface area (Å²) in [5.74, 6) is -0.737. The molecule has 1 fully saturated rings. The van der Waals surface area contributed by atoms with Gasteiger partial charge in [-0.3, -0.25) is 4.79 Å². The molecular formula is C13H17FN2O2. The molecule has 5 heteroatoms. The van der Waals surface area contributed by atoms with Crippen molar-refractivity contribution < 1.29 is 14.3 Å². The van der Waals surface area contributed by atoms with E-state index in [0.717, 1.165) is 18.9 Å². The molecule has 0 unspecified atom stereocenters. The Balaban J connectivity index is 1.99. The second kappa shape index (κ2) is 5.35. The predicted octanol–water partition coefficient (Wildman–Crippen LogP) is 1.44. The number of nitrogens with two attached hydrogens (primary N) is 1. The second-order valence-electron chi connectivity index (χ2n) is 4.71. The Labute approximate surface area is 105 Å². The predicted molar refractivity (Wildman–Crippen MR) is 66.5 cm³/mol. The van der Waals surface area contributed by atoms with Crippen molar-refractivity contribution in [3.05, 3.63) is 29.6 Å². The van der Waals surface area contributed by atoms with E-state index < -0.39 is 5.82 Å². The van der Waals surface area contributed by atoms with Gasteiger partial charge in [-0.2, -0.15) is 0 Å². The number of benzene rings is 1. The number of carbonyl (C=O) groups excluding carboxylic acids is 1. The van der Waals surface area contributed by atoms with Gasteiger partial charge in [-0.15, -0.1) is 0 Å². The molecule has 98 valence electrons. The van der Waals surface area contributed by atoms with E-state index in [1.54, 1.807) is 0 Å². The van der Waals surface area contributed by atoms with Crippen LogP contribution in [0, 0.1) is 5.82 Å². The van der Waals surface area contributed by atoms with Crippen molar-refractivity contribution in [1.82, 2.24) is 5.32 Å². The fraction of sp³-hybridized carbons (Fsp3) is 0.462. The third kappa shape index (κ3) is 2.98. The van der Waals surface area contributed by atoms with E-state index in [1.807, 2.05) is 0 Å². The fourth-order valence-electron chi connectivity index (χ4n) is 2.22. The van der Waals surface area contributed by atoms with Crippen LogP contribution < -0.4 is 11.1 Å². The first-order valence-electron chi connectivity index (χ1n) is 6.10. The lowest BCUT2D eigenvalue weighted by Crippen LogP contribution is -2.38. The zero-order chi connectivity index (χ0) is 13.1. The number of rotatable bonds is 2. The molecule has 4 N–H and O–H groups in total. The van der Waals surface area contributed by atoms with Gasteiger partial charge < -0.3 is 16.2 Å². The summed E-state index contributed by atoms with van der Waals surface area (Å²) >= 11 is 0. The van der Waals surface area contributed by atoms with Crippen LogP contribution in [0.4, 0.5) is 10.1 Å². The molecule has 0 heterocycles. The van der Waals surface area contributed by atoms with Gasteiger partial charge in [0.25, 0.3) is 5.91 Å². The van der Waals surface area contributed by atoms with Crippen LogP contribution >= 0.6 is 0 Å². The van der Waals surface area contributed by atoms with Crippen LogP contribution in [0.3, 0.4) is 0 Å². The molecule has 0 atom stereocenters. The minimum atomic E-state index is -0.454. The Morgan fingerprint density at radius 1 is 1.33 bits per heavy atom. The Hall–Kier alpha value is -1.62. The SMILES string of the molecule is Nc1cc(F)ccc1C(=O)NC1CCC(O)CC1. The van der Waals surface area contributed by atoms with Gasteiger partial charge in [0.15, 0.2) is 0 Å². The van der Waals surface area contributed by atoms with Gasteiger partial charge in [-0.1, -0.05) is 0 Å². The average molecular weight is 252 g/mol. The van der Waals surface area contributed by atoms with Crippen LogP contribution in [-0.4, -0.2) is 23.2 Å². The molecule has 0 spiro atoms. The Morgan fingerprint density at radius 2 is 2.00 bits per heavy atom. The zero-order valence-electron chi connectivity index (χ0n) is 10.0. The second-order valence-corrected chi connectivity index (χ2v) is 4.71. The summed E-state index contributed by atoms with van der Waals surface area (Å²) in [7, 11) is 0. The summed E-state index contributed by atoms with van der Waals surface area (Å²) in [6, 6.07) is 3.80. The zero-order valence-corrected chi connectivity index (χ0v) is 10.0. The standard InChI is InChI=1S/C13H17FN2O2/c14-8-1-6-11(12(15)7-8)13(18)16-9-2-4-10(17)5-3-9/h1,6-7,9-10,17H,2-5,15H2,(H,16,18). The van der Waals surface area contributed by atoms with Gasteiger partial charge in [0.05, 0.1) is 11.7 Å². The molecule has 1 aromatic rings. The Kier molecular flexibility index (Phi) is 3.81. The highest BCUT2D eigenvalue weighted by Gasteiger charge is 2.21. The van der Waals surface area contributed by atoms with Crippen molar-refractivity contribution in [2.45, 2.75) is 37.8 Å². The number of nitrogen functional groups attached to an aromatic ring is 1. The fourth-order valence-corrected chi connectivity index (χ4v) is 2.22. The summed E-state index contributed by atoms with van der Waals surface area (Å²) < 4.78 is 12.9. The van der Waals surface area contributed by atoms with Crippen molar-refractivity contribution in [2.24, 2.45) is 0 Å². The number of hydrogen-bond donors (Lipinski definition) is 3. The monoisotopic (exact) mass is 252 g/mol. The van der Waals surface area contributed by atoms with Crippen LogP contribution in [0.1, 0.15) is 36.0 Å². The molecule has 0 bridgehead atoms. The number of nitrogens with one attached hydrogen (secondary N) is 1. The number of aliphatic hydroxyl groups is 1. The maximum atomic E-state index is 12.9. The normalized spacial score (nSPS) is 23.7. The molecule has 18 heavy (non-hydrogen) atoms. The molecule has 0 radical (unpaired) electrons. The summed E-state index contributed by atoms with van der Waals surface area (Å²) in [6.45, 7) is 0. The first-order valence-corrected chi connectivity index (χ1v) is 6.10. The van der Waals surface area contributed by atoms with E-state index in [9.17, 15) is 14.3 Å². The molecule has 2 rings (SSSR count). The third-order valence-electron chi connectivity index (χ3n) is 3.29. The highest BCUT2D eigenvalue weighted by Crippen LogP contribution is 2.20. The molecule has 4 nitrogen and oxygen atoms in total. The van der Waals surface area contributed by atoms with Gasteiger partial charge in [0.1, 0.15) is 5.82 Å². The van der Waals surface area contributed by atoms with Gasteiger partial charge in [0, 0.05) is 11.7 Å². The van der Waals surface area contributed by atoms with E-state index in [2.05, 4.69) is 5.32 Å². The quantitative estimate of drug-likeness (QED) is 0.697. The Bertz CT molecular complexity index is 443. The van der Waals surface area contributed by atoms with Crippen molar-refractivity contribution in [1.29, 1.82) is 0 Å². The van der Waals surface area contributed by atoms with Gasteiger partial charge in [-0.05, 0) is 43.9 Å². The first kappa shape index (κ1) is 12.8. The van der Waals surface area contributed by atoms with Crippen molar-refractivity contribution in [3.8, 4) is 0 Å². The van der Waals surface area contributed by atoms with Gasteiger partial charge in [0.2, 0.25) is 0 Å². The lowest BCUT2D eigenvalue weighted by molar-refractivity contribution is 0.0868. The lowest BCUT2D eigenvalue weighted by atomic mass is 9.93. The molecule has 1 aliphatic carbocycles. The number of amides is 1. The Morgan fingerprint density at radius 3 is 2.61 bits per heavy atom. The van der Waals surface area contributed by atoms with Crippen molar-refractivity contribution in [3.63, 3.8) is 0 Å². The molecule has 0 aliphatic heterocycles. The van der Waals surface area contributed by atoms with Crippen LogP contribution in [-0.2, 0) is 0 Å². The summed E-state index contributed by atoms with van der Waals surface area (Å²) in [4.78, 5) is 12.0. The number of anilines is 1. The molecular weight excluding hydrogens is 235 g/mol. The summed E-state index contributed by atoms with van der Waals surface area (Å²) in [6.07, 6.45) is 2.66. The third-order valence-corrected chi connectivity index (χ3v) is 3.29. The van der Waals surface area contributed by atoms with Gasteiger partial charge in [-0.25, -0.2) is 4.39 Å². The van der Waals surface area contributed by atoms with Crippen LogP contribution in [0.15, 0.2) is 18.2 Å². The maximum absolute atomic E-state index is 12.9. The highest BCUT2D eigenvalue weighted by molar-refractivity contribution is 5.99. The molecule has 1 aromatic carbocycles. The van der Waals surface area contributed by atoms with Crippen molar-refractivity contribution in [2.75, 3.05) is 5.73 Å². The van der Waals surface area contributed by atoms with Crippen molar-refractivity contribution >= 4 is 11.6 Å². The number of halogens is 1. The molecule has 1 saturated carbocycles.